The topological polar surface area (TPSA) is 61.6 Å². The molecule has 21 heavy (non-hydrogen) atoms. The first-order chi connectivity index (χ1) is 10.1. The van der Waals surface area contributed by atoms with Crippen LogP contribution in [0.1, 0.15) is 6.42 Å². The van der Waals surface area contributed by atoms with Crippen LogP contribution in [0.3, 0.4) is 0 Å². The smallest absolute Gasteiger partial charge is 0.269 e. The Balaban J connectivity index is 1.67. The number of nitro groups is 1. The van der Waals surface area contributed by atoms with Crippen LogP contribution >= 0.6 is 22.6 Å². The molecule has 0 aliphatic heterocycles. The largest absolute Gasteiger partial charge is 0.493 e. The predicted octanol–water partition coefficient (Wildman–Crippen LogP) is 4.05. The van der Waals surface area contributed by atoms with Crippen molar-refractivity contribution >= 4 is 28.3 Å². The zero-order valence-electron chi connectivity index (χ0n) is 11.2. The second-order valence-electron chi connectivity index (χ2n) is 4.26. The standard InChI is InChI=1S/C15H14INO4/c16-12-2-6-14(7-3-12)20-10-1-11-21-15-8-4-13(5-9-15)17(18)19/h2-9H,1,10-11H2. The Morgan fingerprint density at radius 1 is 0.905 bits per heavy atom. The van der Waals surface area contributed by atoms with Crippen molar-refractivity contribution in [3.63, 3.8) is 0 Å². The van der Waals surface area contributed by atoms with Gasteiger partial charge in [0.1, 0.15) is 11.5 Å². The average molecular weight is 399 g/mol. The van der Waals surface area contributed by atoms with Gasteiger partial charge in [-0.3, -0.25) is 10.1 Å². The lowest BCUT2D eigenvalue weighted by Gasteiger charge is -2.08. The molecule has 110 valence electrons. The molecule has 0 heterocycles. The molecule has 5 nitrogen and oxygen atoms in total. The number of non-ortho nitro benzene ring substituents is 1. The highest BCUT2D eigenvalue weighted by molar-refractivity contribution is 14.1. The van der Waals surface area contributed by atoms with E-state index in [9.17, 15) is 10.1 Å². The monoisotopic (exact) mass is 399 g/mol. The Morgan fingerprint density at radius 3 is 1.86 bits per heavy atom. The number of benzene rings is 2. The van der Waals surface area contributed by atoms with Crippen molar-refractivity contribution in [3.8, 4) is 11.5 Å². The van der Waals surface area contributed by atoms with Crippen LogP contribution in [0.5, 0.6) is 11.5 Å². The molecular formula is C15H14INO4. The van der Waals surface area contributed by atoms with E-state index in [4.69, 9.17) is 9.47 Å². The molecule has 6 heteroatoms. The first kappa shape index (κ1) is 15.6. The van der Waals surface area contributed by atoms with Gasteiger partial charge < -0.3 is 9.47 Å². The minimum absolute atomic E-state index is 0.0596. The quantitative estimate of drug-likeness (QED) is 0.305. The number of hydrogen-bond donors (Lipinski definition) is 0. The molecule has 0 unspecified atom stereocenters. The van der Waals surface area contributed by atoms with Gasteiger partial charge in [-0.25, -0.2) is 0 Å². The van der Waals surface area contributed by atoms with Crippen LogP contribution in [0.2, 0.25) is 0 Å². The van der Waals surface area contributed by atoms with Crippen molar-refractivity contribution in [2.45, 2.75) is 6.42 Å². The molecule has 0 bridgehead atoms. The summed E-state index contributed by atoms with van der Waals surface area (Å²) in [5.74, 6) is 1.46. The highest BCUT2D eigenvalue weighted by Gasteiger charge is 2.04. The highest BCUT2D eigenvalue weighted by Crippen LogP contribution is 2.17. The lowest BCUT2D eigenvalue weighted by molar-refractivity contribution is -0.384. The van der Waals surface area contributed by atoms with Gasteiger partial charge in [0.15, 0.2) is 0 Å². The molecule has 2 aromatic carbocycles. The van der Waals surface area contributed by atoms with E-state index in [0.717, 1.165) is 12.2 Å². The predicted molar refractivity (Wildman–Crippen MR) is 87.9 cm³/mol. The zero-order chi connectivity index (χ0) is 15.1. The molecule has 2 rings (SSSR count). The third-order valence-corrected chi connectivity index (χ3v) is 3.41. The van der Waals surface area contributed by atoms with E-state index >= 15 is 0 Å². The Labute approximate surface area is 136 Å². The van der Waals surface area contributed by atoms with Crippen molar-refractivity contribution < 1.29 is 14.4 Å². The summed E-state index contributed by atoms with van der Waals surface area (Å²) in [5.41, 5.74) is 0.0596. The lowest BCUT2D eigenvalue weighted by Crippen LogP contribution is -2.05. The summed E-state index contributed by atoms with van der Waals surface area (Å²) >= 11 is 2.24. The van der Waals surface area contributed by atoms with E-state index in [0.29, 0.717) is 19.0 Å². The van der Waals surface area contributed by atoms with Gasteiger partial charge in [0.2, 0.25) is 0 Å². The first-order valence-corrected chi connectivity index (χ1v) is 7.48. The van der Waals surface area contributed by atoms with Crippen LogP contribution in [0, 0.1) is 13.7 Å². The van der Waals surface area contributed by atoms with Crippen LogP contribution in [0.15, 0.2) is 48.5 Å². The second-order valence-corrected chi connectivity index (χ2v) is 5.50. The molecule has 0 saturated carbocycles. The summed E-state index contributed by atoms with van der Waals surface area (Å²) in [6.45, 7) is 1.07. The van der Waals surface area contributed by atoms with Gasteiger partial charge >= 0.3 is 0 Å². The van der Waals surface area contributed by atoms with Crippen LogP contribution < -0.4 is 9.47 Å². The van der Waals surface area contributed by atoms with Gasteiger partial charge in [-0.1, -0.05) is 0 Å². The number of nitro benzene ring substituents is 1. The summed E-state index contributed by atoms with van der Waals surface area (Å²) in [6, 6.07) is 13.9. The fourth-order valence-electron chi connectivity index (χ4n) is 1.63. The van der Waals surface area contributed by atoms with Crippen molar-refractivity contribution in [2.24, 2.45) is 0 Å². The molecule has 0 aliphatic rings. The van der Waals surface area contributed by atoms with E-state index in [1.54, 1.807) is 12.1 Å². The van der Waals surface area contributed by atoms with Crippen molar-refractivity contribution in [3.05, 3.63) is 62.2 Å². The number of nitrogens with zero attached hydrogens (tertiary/aromatic N) is 1. The zero-order valence-corrected chi connectivity index (χ0v) is 13.4. The molecule has 0 spiro atoms. The summed E-state index contributed by atoms with van der Waals surface area (Å²) in [4.78, 5) is 10.1. The Morgan fingerprint density at radius 2 is 1.38 bits per heavy atom. The first-order valence-electron chi connectivity index (χ1n) is 6.41. The minimum atomic E-state index is -0.432. The summed E-state index contributed by atoms with van der Waals surface area (Å²) in [5, 5.41) is 10.5. The maximum atomic E-state index is 10.5. The van der Waals surface area contributed by atoms with Crippen molar-refractivity contribution in [2.75, 3.05) is 13.2 Å². The molecule has 0 aromatic heterocycles. The Bertz CT molecular complexity index is 584. The third kappa shape index (κ3) is 5.22. The molecule has 0 atom stereocenters. The molecule has 0 saturated heterocycles. The van der Waals surface area contributed by atoms with Gasteiger partial charge in [0.25, 0.3) is 5.69 Å². The molecule has 0 fully saturated rings. The SMILES string of the molecule is O=[N+]([O-])c1ccc(OCCCOc2ccc(I)cc2)cc1. The van der Waals surface area contributed by atoms with Crippen LogP contribution in [0.4, 0.5) is 5.69 Å². The maximum Gasteiger partial charge on any atom is 0.269 e. The summed E-state index contributed by atoms with van der Waals surface area (Å²) in [6.07, 6.45) is 0.739. The van der Waals surface area contributed by atoms with Crippen LogP contribution in [-0.2, 0) is 0 Å². The Kier molecular flexibility index (Phi) is 5.79. The second kappa shape index (κ2) is 7.82. The fraction of sp³-hybridized carbons (Fsp3) is 0.200. The number of ether oxygens (including phenoxy) is 2. The van der Waals surface area contributed by atoms with Gasteiger partial charge in [-0.2, -0.15) is 0 Å². The van der Waals surface area contributed by atoms with E-state index in [2.05, 4.69) is 22.6 Å². The van der Waals surface area contributed by atoms with E-state index < -0.39 is 4.92 Å². The minimum Gasteiger partial charge on any atom is -0.493 e. The molecule has 2 aromatic rings. The summed E-state index contributed by atoms with van der Waals surface area (Å²) in [7, 11) is 0. The van der Waals surface area contributed by atoms with Gasteiger partial charge in [0, 0.05) is 22.1 Å². The average Bonchev–Trinajstić information content (AvgIpc) is 2.49. The fourth-order valence-corrected chi connectivity index (χ4v) is 1.99. The number of rotatable bonds is 7. The van der Waals surface area contributed by atoms with E-state index in [1.807, 2.05) is 24.3 Å². The summed E-state index contributed by atoms with van der Waals surface area (Å²) < 4.78 is 12.2. The van der Waals surface area contributed by atoms with Crippen LogP contribution in [0.25, 0.3) is 0 Å². The third-order valence-electron chi connectivity index (χ3n) is 2.69. The Hall–Kier alpha value is -1.83. The molecule has 0 radical (unpaired) electrons. The van der Waals surface area contributed by atoms with Gasteiger partial charge in [-0.05, 0) is 59.0 Å². The molecule has 0 aliphatic carbocycles. The van der Waals surface area contributed by atoms with E-state index in [1.165, 1.54) is 15.7 Å². The lowest BCUT2D eigenvalue weighted by atomic mass is 10.3. The van der Waals surface area contributed by atoms with Crippen LogP contribution in [-0.4, -0.2) is 18.1 Å². The van der Waals surface area contributed by atoms with Gasteiger partial charge in [-0.15, -0.1) is 0 Å². The molecule has 0 amide bonds. The number of halogens is 1. The molecular weight excluding hydrogens is 385 g/mol. The van der Waals surface area contributed by atoms with E-state index in [-0.39, 0.29) is 5.69 Å². The number of hydrogen-bond acceptors (Lipinski definition) is 4. The normalized spacial score (nSPS) is 10.1. The maximum absolute atomic E-state index is 10.5. The molecule has 0 N–H and O–H groups in total. The van der Waals surface area contributed by atoms with Crippen molar-refractivity contribution in [1.29, 1.82) is 0 Å². The highest BCUT2D eigenvalue weighted by atomic mass is 127. The van der Waals surface area contributed by atoms with Crippen molar-refractivity contribution in [1.82, 2.24) is 0 Å². The van der Waals surface area contributed by atoms with Gasteiger partial charge in [0.05, 0.1) is 18.1 Å².